The minimum absolute atomic E-state index is 0.0387. The first-order valence-electron chi connectivity index (χ1n) is 7.42. The predicted octanol–water partition coefficient (Wildman–Crippen LogP) is 1.72. The molecule has 0 amide bonds. The number of carbonyl (C=O) groups is 1. The van der Waals surface area contributed by atoms with Gasteiger partial charge in [-0.25, -0.2) is 12.7 Å². The number of benzene rings is 1. The molecule has 2 heterocycles. The summed E-state index contributed by atoms with van der Waals surface area (Å²) in [6, 6.07) is 9.14. The van der Waals surface area contributed by atoms with Crippen LogP contribution in [0.2, 0.25) is 0 Å². The first-order valence-corrected chi connectivity index (χ1v) is 9.02. The molecule has 1 saturated heterocycles. The topological polar surface area (TPSA) is 87.6 Å². The van der Waals surface area contributed by atoms with Crippen molar-refractivity contribution in [3.63, 3.8) is 0 Å². The second kappa shape index (κ2) is 5.90. The summed E-state index contributed by atoms with van der Waals surface area (Å²) in [6.45, 7) is 2.06. The van der Waals surface area contributed by atoms with Crippen LogP contribution in [0.15, 0.2) is 36.5 Å². The van der Waals surface area contributed by atoms with E-state index in [0.717, 1.165) is 5.39 Å². The van der Waals surface area contributed by atoms with Crippen molar-refractivity contribution in [1.82, 2.24) is 9.29 Å². The van der Waals surface area contributed by atoms with E-state index in [0.29, 0.717) is 11.1 Å². The van der Waals surface area contributed by atoms with Gasteiger partial charge in [0.05, 0.1) is 17.2 Å². The van der Waals surface area contributed by atoms with Crippen molar-refractivity contribution in [3.8, 4) is 0 Å². The first kappa shape index (κ1) is 15.9. The second-order valence-corrected chi connectivity index (χ2v) is 7.96. The lowest BCUT2D eigenvalue weighted by atomic mass is 9.99. The van der Waals surface area contributed by atoms with E-state index in [1.165, 1.54) is 4.31 Å². The molecule has 0 spiro atoms. The molecule has 0 radical (unpaired) electrons. The molecule has 0 bridgehead atoms. The summed E-state index contributed by atoms with van der Waals surface area (Å²) in [6.07, 6.45) is 1.64. The second-order valence-electron chi connectivity index (χ2n) is 5.99. The van der Waals surface area contributed by atoms with E-state index in [1.54, 1.807) is 25.3 Å². The molecule has 1 fully saturated rings. The average molecular weight is 334 g/mol. The van der Waals surface area contributed by atoms with Crippen LogP contribution in [-0.4, -0.2) is 41.9 Å². The van der Waals surface area contributed by atoms with E-state index in [-0.39, 0.29) is 24.8 Å². The average Bonchev–Trinajstić information content (AvgIpc) is 2.90. The van der Waals surface area contributed by atoms with Crippen molar-refractivity contribution in [2.75, 3.05) is 13.1 Å². The third-order valence-corrected chi connectivity index (χ3v) is 6.10. The number of aromatic nitrogens is 1. The summed E-state index contributed by atoms with van der Waals surface area (Å²) >= 11 is 0. The van der Waals surface area contributed by atoms with Crippen molar-refractivity contribution >= 4 is 26.9 Å². The van der Waals surface area contributed by atoms with Gasteiger partial charge in [0.15, 0.2) is 0 Å². The highest BCUT2D eigenvalue weighted by atomic mass is 32.2. The van der Waals surface area contributed by atoms with Crippen LogP contribution >= 0.6 is 0 Å². The molecule has 2 aromatic rings. The molecule has 1 aliphatic rings. The van der Waals surface area contributed by atoms with Crippen LogP contribution in [0.1, 0.15) is 12.5 Å². The molecule has 23 heavy (non-hydrogen) atoms. The zero-order valence-electron chi connectivity index (χ0n) is 12.7. The number of nitrogens with zero attached hydrogens (tertiary/aromatic N) is 2. The maximum absolute atomic E-state index is 12.7. The lowest BCUT2D eigenvalue weighted by Gasteiger charge is -2.16. The smallest absolute Gasteiger partial charge is 0.308 e. The summed E-state index contributed by atoms with van der Waals surface area (Å²) in [4.78, 5) is 15.5. The van der Waals surface area contributed by atoms with Crippen molar-refractivity contribution in [3.05, 3.63) is 42.1 Å². The number of carboxylic acids is 1. The molecule has 1 aromatic heterocycles. The Bertz CT molecular complexity index is 845. The number of para-hydroxylation sites is 1. The quantitative estimate of drug-likeness (QED) is 0.920. The minimum atomic E-state index is -3.57. The Labute approximate surface area is 134 Å². The highest BCUT2D eigenvalue weighted by Crippen LogP contribution is 2.28. The normalized spacial score (nSPS) is 22.5. The third kappa shape index (κ3) is 3.07. The van der Waals surface area contributed by atoms with Gasteiger partial charge in [-0.1, -0.05) is 31.2 Å². The zero-order chi connectivity index (χ0) is 16.6. The van der Waals surface area contributed by atoms with Crippen LogP contribution in [0.25, 0.3) is 10.9 Å². The molecule has 1 N–H and O–H groups in total. The summed E-state index contributed by atoms with van der Waals surface area (Å²) in [5, 5.41) is 10.1. The fourth-order valence-corrected chi connectivity index (χ4v) is 4.70. The van der Waals surface area contributed by atoms with E-state index in [2.05, 4.69) is 4.98 Å². The largest absolute Gasteiger partial charge is 0.481 e. The number of carboxylic acid groups (broad SMARTS) is 1. The maximum atomic E-state index is 12.7. The molecule has 1 aliphatic heterocycles. The number of hydrogen-bond donors (Lipinski definition) is 1. The van der Waals surface area contributed by atoms with Gasteiger partial charge in [-0.2, -0.15) is 0 Å². The Morgan fingerprint density at radius 3 is 2.74 bits per heavy atom. The minimum Gasteiger partial charge on any atom is -0.481 e. The lowest BCUT2D eigenvalue weighted by molar-refractivity contribution is -0.142. The van der Waals surface area contributed by atoms with Crippen molar-refractivity contribution < 1.29 is 18.3 Å². The predicted molar refractivity (Wildman–Crippen MR) is 86.2 cm³/mol. The molecular formula is C16H18N2O4S. The fourth-order valence-electron chi connectivity index (χ4n) is 3.04. The van der Waals surface area contributed by atoms with Gasteiger partial charge in [0, 0.05) is 24.7 Å². The van der Waals surface area contributed by atoms with Gasteiger partial charge >= 0.3 is 5.97 Å². The molecule has 3 rings (SSSR count). The van der Waals surface area contributed by atoms with Crippen molar-refractivity contribution in [2.24, 2.45) is 11.8 Å². The Balaban J connectivity index is 1.88. The Morgan fingerprint density at radius 1 is 1.30 bits per heavy atom. The molecule has 6 nitrogen and oxygen atoms in total. The number of hydrogen-bond acceptors (Lipinski definition) is 4. The van der Waals surface area contributed by atoms with E-state index in [9.17, 15) is 13.2 Å². The van der Waals surface area contributed by atoms with Crippen LogP contribution in [-0.2, 0) is 20.6 Å². The van der Waals surface area contributed by atoms with Gasteiger partial charge in [0.25, 0.3) is 0 Å². The molecule has 0 unspecified atom stereocenters. The van der Waals surface area contributed by atoms with Gasteiger partial charge in [0.2, 0.25) is 10.0 Å². The number of fused-ring (bicyclic) bond motifs is 1. The number of rotatable bonds is 4. The summed E-state index contributed by atoms with van der Waals surface area (Å²) < 4.78 is 26.6. The first-order chi connectivity index (χ1) is 10.9. The van der Waals surface area contributed by atoms with Crippen LogP contribution in [0, 0.1) is 11.8 Å². The number of sulfonamides is 1. The van der Waals surface area contributed by atoms with E-state index in [4.69, 9.17) is 5.11 Å². The Hall–Kier alpha value is -1.99. The lowest BCUT2D eigenvalue weighted by Crippen LogP contribution is -2.31. The monoisotopic (exact) mass is 334 g/mol. The SMILES string of the molecule is C[C@@H]1CN(S(=O)(=O)Cc2cccc3cccnc23)C[C@H]1C(=O)O. The van der Waals surface area contributed by atoms with Crippen LogP contribution in [0.4, 0.5) is 0 Å². The molecule has 122 valence electrons. The van der Waals surface area contributed by atoms with Crippen LogP contribution in [0.3, 0.4) is 0 Å². The molecular weight excluding hydrogens is 316 g/mol. The molecule has 0 aliphatic carbocycles. The summed E-state index contributed by atoms with van der Waals surface area (Å²) in [5.41, 5.74) is 1.30. The Morgan fingerprint density at radius 2 is 2.04 bits per heavy atom. The molecule has 7 heteroatoms. The van der Waals surface area contributed by atoms with Gasteiger partial charge in [-0.3, -0.25) is 9.78 Å². The van der Waals surface area contributed by atoms with E-state index < -0.39 is 21.9 Å². The summed E-state index contributed by atoms with van der Waals surface area (Å²) in [7, 11) is -3.57. The highest BCUT2D eigenvalue weighted by molar-refractivity contribution is 7.88. The maximum Gasteiger partial charge on any atom is 0.308 e. The third-order valence-electron chi connectivity index (χ3n) is 4.34. The van der Waals surface area contributed by atoms with E-state index >= 15 is 0 Å². The van der Waals surface area contributed by atoms with Crippen LogP contribution < -0.4 is 0 Å². The highest BCUT2D eigenvalue weighted by Gasteiger charge is 2.40. The van der Waals surface area contributed by atoms with Crippen molar-refractivity contribution in [1.29, 1.82) is 0 Å². The zero-order valence-corrected chi connectivity index (χ0v) is 13.5. The summed E-state index contributed by atoms with van der Waals surface area (Å²) in [5.74, 6) is -1.94. The van der Waals surface area contributed by atoms with Gasteiger partial charge < -0.3 is 5.11 Å². The number of pyridine rings is 1. The van der Waals surface area contributed by atoms with Crippen LogP contribution in [0.5, 0.6) is 0 Å². The molecule has 2 atom stereocenters. The Kier molecular flexibility index (Phi) is 4.08. The molecule has 0 saturated carbocycles. The van der Waals surface area contributed by atoms with E-state index in [1.807, 2.05) is 18.2 Å². The number of aliphatic carboxylic acids is 1. The standard InChI is InChI=1S/C16H18N2O4S/c1-11-8-18(9-14(11)16(19)20)23(21,22)10-13-5-2-4-12-6-3-7-17-15(12)13/h2-7,11,14H,8-10H2,1H3,(H,19,20)/t11-,14-/m1/s1. The fraction of sp³-hybridized carbons (Fsp3) is 0.375. The van der Waals surface area contributed by atoms with Gasteiger partial charge in [-0.05, 0) is 17.5 Å². The van der Waals surface area contributed by atoms with Crippen molar-refractivity contribution in [2.45, 2.75) is 12.7 Å². The van der Waals surface area contributed by atoms with Gasteiger partial charge in [-0.15, -0.1) is 0 Å². The van der Waals surface area contributed by atoms with Gasteiger partial charge in [0.1, 0.15) is 0 Å². The molecule has 1 aromatic carbocycles.